The van der Waals surface area contributed by atoms with E-state index >= 15 is 0 Å². The molecule has 0 heterocycles. The minimum absolute atomic E-state index is 0.0339. The predicted molar refractivity (Wildman–Crippen MR) is 118 cm³/mol. The first-order chi connectivity index (χ1) is 14.3. The van der Waals surface area contributed by atoms with Crippen molar-refractivity contribution in [1.82, 2.24) is 5.32 Å². The number of benzene rings is 2. The molecule has 0 bridgehead atoms. The molecule has 6 heteroatoms. The lowest BCUT2D eigenvalue weighted by Crippen LogP contribution is -2.34. The Labute approximate surface area is 177 Å². The Hall–Kier alpha value is -3.41. The van der Waals surface area contributed by atoms with E-state index in [4.69, 9.17) is 4.74 Å². The van der Waals surface area contributed by atoms with Gasteiger partial charge in [-0.25, -0.2) is 4.79 Å². The van der Waals surface area contributed by atoms with E-state index in [0.29, 0.717) is 5.69 Å². The summed E-state index contributed by atoms with van der Waals surface area (Å²) in [6, 6.07) is 16.6. The molecule has 6 nitrogen and oxygen atoms in total. The van der Waals surface area contributed by atoms with Gasteiger partial charge < -0.3 is 15.4 Å². The largest absolute Gasteiger partial charge is 0.448 e. The Balaban J connectivity index is 2.12. The average Bonchev–Trinajstić information content (AvgIpc) is 2.73. The van der Waals surface area contributed by atoms with Gasteiger partial charge in [-0.1, -0.05) is 62.4 Å². The maximum atomic E-state index is 12.6. The smallest absolute Gasteiger partial charge is 0.355 e. The van der Waals surface area contributed by atoms with Gasteiger partial charge in [-0.05, 0) is 42.5 Å². The maximum absolute atomic E-state index is 12.6. The van der Waals surface area contributed by atoms with E-state index in [9.17, 15) is 14.4 Å². The van der Waals surface area contributed by atoms with Gasteiger partial charge in [0.25, 0.3) is 5.91 Å². The zero-order chi connectivity index (χ0) is 22.1. The molecule has 2 aromatic carbocycles. The molecular formula is C24H28N2O4. The van der Waals surface area contributed by atoms with Crippen molar-refractivity contribution in [2.75, 3.05) is 5.32 Å². The molecule has 2 rings (SSSR count). The summed E-state index contributed by atoms with van der Waals surface area (Å²) in [5.74, 6) is -1.36. The van der Waals surface area contributed by atoms with Crippen molar-refractivity contribution in [3.8, 4) is 0 Å². The van der Waals surface area contributed by atoms with Crippen LogP contribution in [0, 0.1) is 0 Å². The number of carbonyl (C=O) groups excluding carboxylic acids is 3. The monoisotopic (exact) mass is 408 g/mol. The van der Waals surface area contributed by atoms with Crippen molar-refractivity contribution in [3.05, 3.63) is 71.4 Å². The summed E-state index contributed by atoms with van der Waals surface area (Å²) < 4.78 is 5.31. The normalized spacial score (nSPS) is 13.1. The fraction of sp³-hybridized carbons (Fsp3) is 0.292. The molecule has 0 spiro atoms. The first-order valence-electron chi connectivity index (χ1n) is 9.96. The second-order valence-corrected chi connectivity index (χ2v) is 7.08. The quantitative estimate of drug-likeness (QED) is 0.505. The summed E-state index contributed by atoms with van der Waals surface area (Å²) in [4.78, 5) is 36.7. The van der Waals surface area contributed by atoms with Crippen LogP contribution in [0.5, 0.6) is 0 Å². The molecule has 0 aromatic heterocycles. The van der Waals surface area contributed by atoms with Crippen molar-refractivity contribution in [3.63, 3.8) is 0 Å². The zero-order valence-corrected chi connectivity index (χ0v) is 17.8. The van der Waals surface area contributed by atoms with Gasteiger partial charge in [0.15, 0.2) is 6.10 Å². The predicted octanol–water partition coefficient (Wildman–Crippen LogP) is 4.25. The Morgan fingerprint density at radius 1 is 1.00 bits per heavy atom. The van der Waals surface area contributed by atoms with Crippen molar-refractivity contribution in [1.29, 1.82) is 0 Å². The van der Waals surface area contributed by atoms with Gasteiger partial charge in [-0.15, -0.1) is 0 Å². The Morgan fingerprint density at radius 2 is 1.63 bits per heavy atom. The highest BCUT2D eigenvalue weighted by Crippen LogP contribution is 2.26. The summed E-state index contributed by atoms with van der Waals surface area (Å²) in [5, 5.41) is 5.31. The first kappa shape index (κ1) is 22.9. The number of rotatable bonds is 8. The highest BCUT2D eigenvalue weighted by molar-refractivity contribution is 6.00. The summed E-state index contributed by atoms with van der Waals surface area (Å²) in [6.45, 7) is 6.96. The summed E-state index contributed by atoms with van der Waals surface area (Å²) in [5.41, 5.74) is 2.41. The topological polar surface area (TPSA) is 84.5 Å². The molecule has 0 aliphatic carbocycles. The minimum Gasteiger partial charge on any atom is -0.448 e. The Kier molecular flexibility index (Phi) is 8.35. The van der Waals surface area contributed by atoms with Crippen molar-refractivity contribution >= 4 is 29.5 Å². The van der Waals surface area contributed by atoms with Crippen LogP contribution in [0.3, 0.4) is 0 Å². The molecule has 2 N–H and O–H groups in total. The number of para-hydroxylation sites is 1. The third-order valence-corrected chi connectivity index (χ3v) is 4.66. The molecule has 2 atom stereocenters. The van der Waals surface area contributed by atoms with Crippen LogP contribution in [0.15, 0.2) is 60.3 Å². The van der Waals surface area contributed by atoms with Gasteiger partial charge in [0.1, 0.15) is 5.70 Å². The molecule has 2 amide bonds. The molecule has 0 aliphatic rings. The molecule has 0 aliphatic heterocycles. The van der Waals surface area contributed by atoms with Crippen LogP contribution in [-0.2, 0) is 19.1 Å². The first-order valence-corrected chi connectivity index (χ1v) is 9.96. The second-order valence-electron chi connectivity index (χ2n) is 7.08. The van der Waals surface area contributed by atoms with Crippen molar-refractivity contribution in [2.24, 2.45) is 0 Å². The lowest BCUT2D eigenvalue weighted by molar-refractivity contribution is -0.149. The van der Waals surface area contributed by atoms with Gasteiger partial charge in [0.2, 0.25) is 5.91 Å². The van der Waals surface area contributed by atoms with Gasteiger partial charge in [0, 0.05) is 12.6 Å². The van der Waals surface area contributed by atoms with Crippen LogP contribution in [0.1, 0.15) is 51.2 Å². The van der Waals surface area contributed by atoms with E-state index in [-0.39, 0.29) is 11.6 Å². The number of ether oxygens (including phenoxy) is 1. The highest BCUT2D eigenvalue weighted by Gasteiger charge is 2.22. The van der Waals surface area contributed by atoms with E-state index in [1.165, 1.54) is 19.9 Å². The van der Waals surface area contributed by atoms with E-state index in [1.54, 1.807) is 12.1 Å². The summed E-state index contributed by atoms with van der Waals surface area (Å²) in [6.07, 6.45) is 1.39. The van der Waals surface area contributed by atoms with Crippen LogP contribution < -0.4 is 10.6 Å². The molecule has 0 radical (unpaired) electrons. The Bertz CT molecular complexity index is 922. The van der Waals surface area contributed by atoms with Crippen LogP contribution in [-0.4, -0.2) is 23.9 Å². The second kappa shape index (κ2) is 11.0. The van der Waals surface area contributed by atoms with Gasteiger partial charge in [-0.2, -0.15) is 0 Å². The molecule has 0 saturated carbocycles. The number of hydrogen-bond acceptors (Lipinski definition) is 4. The van der Waals surface area contributed by atoms with E-state index in [0.717, 1.165) is 17.5 Å². The number of esters is 1. The van der Waals surface area contributed by atoms with Crippen LogP contribution in [0.4, 0.5) is 5.69 Å². The molecule has 0 unspecified atom stereocenters. The number of amides is 2. The summed E-state index contributed by atoms with van der Waals surface area (Å²) in [7, 11) is 0. The highest BCUT2D eigenvalue weighted by atomic mass is 16.5. The molecule has 2 aromatic rings. The van der Waals surface area contributed by atoms with Gasteiger partial charge in [-0.3, -0.25) is 9.59 Å². The number of anilines is 1. The molecule has 0 saturated heterocycles. The molecule has 0 fully saturated rings. The van der Waals surface area contributed by atoms with Crippen molar-refractivity contribution in [2.45, 2.75) is 46.1 Å². The Morgan fingerprint density at radius 3 is 2.27 bits per heavy atom. The van der Waals surface area contributed by atoms with E-state index in [1.807, 2.05) is 42.5 Å². The third-order valence-electron chi connectivity index (χ3n) is 4.66. The lowest BCUT2D eigenvalue weighted by atomic mass is 9.97. The fourth-order valence-corrected chi connectivity index (χ4v) is 2.82. The SMILES string of the molecule is CC[C@@H](C)c1ccccc1NC(=O)[C@@H](C)OC(=O)/C(=C/c1ccccc1)NC(C)=O. The maximum Gasteiger partial charge on any atom is 0.355 e. The molecular weight excluding hydrogens is 380 g/mol. The van der Waals surface area contributed by atoms with E-state index in [2.05, 4.69) is 24.5 Å². The van der Waals surface area contributed by atoms with Crippen LogP contribution in [0.25, 0.3) is 6.08 Å². The van der Waals surface area contributed by atoms with E-state index < -0.39 is 23.9 Å². The third kappa shape index (κ3) is 6.58. The van der Waals surface area contributed by atoms with Gasteiger partial charge in [0.05, 0.1) is 0 Å². The zero-order valence-electron chi connectivity index (χ0n) is 17.8. The fourth-order valence-electron chi connectivity index (χ4n) is 2.82. The van der Waals surface area contributed by atoms with Gasteiger partial charge >= 0.3 is 5.97 Å². The van der Waals surface area contributed by atoms with Crippen molar-refractivity contribution < 1.29 is 19.1 Å². The van der Waals surface area contributed by atoms with Crippen LogP contribution >= 0.6 is 0 Å². The summed E-state index contributed by atoms with van der Waals surface area (Å²) >= 11 is 0. The molecule has 30 heavy (non-hydrogen) atoms. The standard InChI is InChI=1S/C24H28N2O4/c1-5-16(2)20-13-9-10-14-21(20)26-23(28)17(3)30-24(29)22(25-18(4)27)15-19-11-7-6-8-12-19/h6-17H,5H2,1-4H3,(H,25,27)(H,26,28)/b22-15-/t16-,17-/m1/s1. The number of nitrogens with one attached hydrogen (secondary N) is 2. The molecule has 158 valence electrons. The number of carbonyl (C=O) groups is 3. The average molecular weight is 408 g/mol. The lowest BCUT2D eigenvalue weighted by Gasteiger charge is -2.18. The minimum atomic E-state index is -1.05. The number of hydrogen-bond donors (Lipinski definition) is 2. The van der Waals surface area contributed by atoms with Crippen LogP contribution in [0.2, 0.25) is 0 Å².